The Morgan fingerprint density at radius 1 is 0.750 bits per heavy atom. The summed E-state index contributed by atoms with van der Waals surface area (Å²) in [7, 11) is 0. The molecule has 0 radical (unpaired) electrons. The van der Waals surface area contributed by atoms with Crippen LogP contribution in [-0.2, 0) is 27.2 Å². The average Bonchev–Trinajstić information content (AvgIpc) is 3.37. The molecule has 1 heterocycles. The van der Waals surface area contributed by atoms with Crippen LogP contribution in [-0.4, -0.2) is 36.7 Å². The molecule has 202 valence electrons. The largest absolute Gasteiger partial charge is 0.454 e. The molecule has 8 heteroatoms. The minimum absolute atomic E-state index is 0.133. The molecule has 0 atom stereocenters. The maximum atomic E-state index is 13.3. The molecule has 0 saturated carbocycles. The van der Waals surface area contributed by atoms with E-state index in [4.69, 9.17) is 4.74 Å². The maximum Gasteiger partial charge on any atom is 0.325 e. The molecular weight excluding hydrogens is 524 g/mol. The van der Waals surface area contributed by atoms with Crippen LogP contribution in [0.4, 0.5) is 5.00 Å². The number of hydrogen-bond donors (Lipinski definition) is 2. The lowest BCUT2D eigenvalue weighted by Crippen LogP contribution is -2.32. The van der Waals surface area contributed by atoms with Gasteiger partial charge in [-0.2, -0.15) is 0 Å². The fourth-order valence-electron chi connectivity index (χ4n) is 4.69. The normalized spacial score (nSPS) is 12.2. The van der Waals surface area contributed by atoms with E-state index in [2.05, 4.69) is 10.6 Å². The monoisotopic (exact) mass is 552 g/mol. The summed E-state index contributed by atoms with van der Waals surface area (Å²) >= 11 is 1.41. The van der Waals surface area contributed by atoms with Crippen LogP contribution < -0.4 is 10.6 Å². The Kier molecular flexibility index (Phi) is 8.47. The molecule has 7 nitrogen and oxygen atoms in total. The van der Waals surface area contributed by atoms with Crippen molar-refractivity contribution >= 4 is 39.9 Å². The number of thiophene rings is 1. The summed E-state index contributed by atoms with van der Waals surface area (Å²) in [6, 6.07) is 25.8. The van der Waals surface area contributed by atoms with E-state index in [1.54, 1.807) is 24.3 Å². The van der Waals surface area contributed by atoms with Crippen LogP contribution in [0.25, 0.3) is 11.1 Å². The second-order valence-electron chi connectivity index (χ2n) is 9.45. The van der Waals surface area contributed by atoms with Crippen LogP contribution in [0.3, 0.4) is 0 Å². The number of nitrogens with one attached hydrogen (secondary N) is 2. The van der Waals surface area contributed by atoms with Crippen molar-refractivity contribution in [1.29, 1.82) is 0 Å². The molecule has 0 bridgehead atoms. The first-order valence-corrected chi connectivity index (χ1v) is 13.9. The molecule has 1 aliphatic carbocycles. The zero-order chi connectivity index (χ0) is 27.9. The standard InChI is InChI=1S/C32H28N2O5S/c35-27(34-32-29(25-13-7-8-14-26(25)40-32)30(37)23-11-5-2-6-12-23)20-39-28(36)19-33-31(38)24-17-15-22(16-18-24)21-9-3-1-4-10-21/h1-6,9-12,15-18H,7-8,13-14,19-20H2,(H,33,38)(H,34,35). The highest BCUT2D eigenvalue weighted by Gasteiger charge is 2.27. The second kappa shape index (κ2) is 12.5. The van der Waals surface area contributed by atoms with Gasteiger partial charge in [0.15, 0.2) is 12.4 Å². The number of ether oxygens (including phenoxy) is 1. The first kappa shape index (κ1) is 27.0. The van der Waals surface area contributed by atoms with Gasteiger partial charge in [-0.25, -0.2) is 0 Å². The number of anilines is 1. The Morgan fingerprint density at radius 3 is 2.12 bits per heavy atom. The molecule has 3 aromatic carbocycles. The molecule has 0 fully saturated rings. The van der Waals surface area contributed by atoms with Crippen molar-refractivity contribution in [1.82, 2.24) is 5.32 Å². The van der Waals surface area contributed by atoms with Crippen molar-refractivity contribution in [3.05, 3.63) is 112 Å². The van der Waals surface area contributed by atoms with Gasteiger partial charge >= 0.3 is 5.97 Å². The van der Waals surface area contributed by atoms with E-state index >= 15 is 0 Å². The third-order valence-corrected chi connectivity index (χ3v) is 7.91. The van der Waals surface area contributed by atoms with Gasteiger partial charge < -0.3 is 15.4 Å². The SMILES string of the molecule is O=C(COC(=O)CNC(=O)c1ccc(-c2ccccc2)cc1)Nc1sc2c(c1C(=O)c1ccccc1)CCCC2. The number of rotatable bonds is 9. The third kappa shape index (κ3) is 6.35. The smallest absolute Gasteiger partial charge is 0.325 e. The molecular formula is C32H28N2O5S. The number of benzene rings is 3. The number of carbonyl (C=O) groups is 4. The molecule has 1 aromatic heterocycles. The zero-order valence-electron chi connectivity index (χ0n) is 21.8. The van der Waals surface area contributed by atoms with Crippen molar-refractivity contribution in [2.45, 2.75) is 25.7 Å². The molecule has 0 aliphatic heterocycles. The lowest BCUT2D eigenvalue weighted by Gasteiger charge is -2.12. The van der Waals surface area contributed by atoms with Gasteiger partial charge in [0.25, 0.3) is 11.8 Å². The Labute approximate surface area is 236 Å². The van der Waals surface area contributed by atoms with Gasteiger partial charge in [0.1, 0.15) is 11.5 Å². The molecule has 2 amide bonds. The highest BCUT2D eigenvalue weighted by molar-refractivity contribution is 7.17. The highest BCUT2D eigenvalue weighted by Crippen LogP contribution is 2.39. The Morgan fingerprint density at radius 2 is 1.40 bits per heavy atom. The number of amides is 2. The van der Waals surface area contributed by atoms with Crippen LogP contribution in [0.2, 0.25) is 0 Å². The highest BCUT2D eigenvalue weighted by atomic mass is 32.1. The number of esters is 1. The van der Waals surface area contributed by atoms with Crippen LogP contribution in [0.1, 0.15) is 49.6 Å². The minimum Gasteiger partial charge on any atom is -0.454 e. The average molecular weight is 553 g/mol. The minimum atomic E-state index is -0.740. The van der Waals surface area contributed by atoms with E-state index in [9.17, 15) is 19.2 Å². The van der Waals surface area contributed by atoms with Crippen molar-refractivity contribution in [2.75, 3.05) is 18.5 Å². The van der Waals surface area contributed by atoms with Crippen molar-refractivity contribution in [3.8, 4) is 11.1 Å². The number of aryl methyl sites for hydroxylation is 1. The van der Waals surface area contributed by atoms with Gasteiger partial charge in [-0.1, -0.05) is 72.8 Å². The zero-order valence-corrected chi connectivity index (χ0v) is 22.6. The van der Waals surface area contributed by atoms with Gasteiger partial charge in [-0.15, -0.1) is 11.3 Å². The summed E-state index contributed by atoms with van der Waals surface area (Å²) in [6.45, 7) is -0.903. The Balaban J connectivity index is 1.15. The summed E-state index contributed by atoms with van der Waals surface area (Å²) in [5.41, 5.74) is 4.50. The van der Waals surface area contributed by atoms with E-state index < -0.39 is 24.4 Å². The van der Waals surface area contributed by atoms with Gasteiger partial charge in [-0.05, 0) is 54.5 Å². The predicted molar refractivity (Wildman–Crippen MR) is 155 cm³/mol. The van der Waals surface area contributed by atoms with Crippen molar-refractivity contribution < 1.29 is 23.9 Å². The summed E-state index contributed by atoms with van der Waals surface area (Å²) < 4.78 is 5.08. The molecule has 40 heavy (non-hydrogen) atoms. The summed E-state index contributed by atoms with van der Waals surface area (Å²) in [6.07, 6.45) is 3.70. The van der Waals surface area contributed by atoms with Gasteiger partial charge in [0.05, 0.1) is 5.56 Å². The fourth-order valence-corrected chi connectivity index (χ4v) is 5.99. The topological polar surface area (TPSA) is 102 Å². The summed E-state index contributed by atoms with van der Waals surface area (Å²) in [5.74, 6) is -1.84. The maximum absolute atomic E-state index is 13.3. The third-order valence-electron chi connectivity index (χ3n) is 6.70. The fraction of sp³-hybridized carbons (Fsp3) is 0.188. The van der Waals surface area contributed by atoms with Gasteiger partial charge in [0.2, 0.25) is 0 Å². The van der Waals surface area contributed by atoms with Crippen LogP contribution >= 0.6 is 11.3 Å². The van der Waals surface area contributed by atoms with E-state index in [1.807, 2.05) is 60.7 Å². The molecule has 0 spiro atoms. The quantitative estimate of drug-likeness (QED) is 0.213. The molecule has 5 rings (SSSR count). The van der Waals surface area contributed by atoms with E-state index in [0.717, 1.165) is 47.3 Å². The molecule has 0 unspecified atom stereocenters. The lowest BCUT2D eigenvalue weighted by atomic mass is 9.92. The number of fused-ring (bicyclic) bond motifs is 1. The van der Waals surface area contributed by atoms with E-state index in [1.165, 1.54) is 11.3 Å². The Bertz CT molecular complexity index is 1530. The van der Waals surface area contributed by atoms with Crippen LogP contribution in [0.15, 0.2) is 84.9 Å². The van der Waals surface area contributed by atoms with Gasteiger partial charge in [0, 0.05) is 16.0 Å². The summed E-state index contributed by atoms with van der Waals surface area (Å²) in [5, 5.41) is 5.78. The molecule has 2 N–H and O–H groups in total. The number of ketones is 1. The molecule has 0 saturated heterocycles. The lowest BCUT2D eigenvalue weighted by molar-refractivity contribution is -0.146. The second-order valence-corrected chi connectivity index (χ2v) is 10.6. The first-order chi connectivity index (χ1) is 19.5. The van der Waals surface area contributed by atoms with Gasteiger partial charge in [-0.3, -0.25) is 19.2 Å². The van der Waals surface area contributed by atoms with E-state index in [-0.39, 0.29) is 12.3 Å². The predicted octanol–water partition coefficient (Wildman–Crippen LogP) is 5.44. The van der Waals surface area contributed by atoms with E-state index in [0.29, 0.717) is 21.7 Å². The van der Waals surface area contributed by atoms with Crippen LogP contribution in [0, 0.1) is 0 Å². The first-order valence-electron chi connectivity index (χ1n) is 13.1. The van der Waals surface area contributed by atoms with Crippen LogP contribution in [0.5, 0.6) is 0 Å². The number of carbonyl (C=O) groups excluding carboxylic acids is 4. The van der Waals surface area contributed by atoms with Crippen molar-refractivity contribution in [3.63, 3.8) is 0 Å². The molecule has 1 aliphatic rings. The summed E-state index contributed by atoms with van der Waals surface area (Å²) in [4.78, 5) is 51.8. The Hall–Kier alpha value is -4.56. The molecule has 4 aromatic rings. The number of hydrogen-bond acceptors (Lipinski definition) is 6. The van der Waals surface area contributed by atoms with Crippen molar-refractivity contribution in [2.24, 2.45) is 0 Å².